The van der Waals surface area contributed by atoms with Crippen molar-refractivity contribution in [3.8, 4) is 0 Å². The molecule has 1 saturated heterocycles. The van der Waals surface area contributed by atoms with Crippen LogP contribution in [0, 0.1) is 11.7 Å². The highest BCUT2D eigenvalue weighted by molar-refractivity contribution is 14.0. The van der Waals surface area contributed by atoms with E-state index in [9.17, 15) is 9.18 Å². The molecule has 0 spiro atoms. The number of nitrogens with zero attached hydrogens (tertiary/aromatic N) is 2. The third kappa shape index (κ3) is 6.45. The van der Waals surface area contributed by atoms with Gasteiger partial charge >= 0.3 is 5.97 Å². The molecule has 0 aliphatic carbocycles. The van der Waals surface area contributed by atoms with Gasteiger partial charge in [-0.05, 0) is 32.8 Å². The largest absolute Gasteiger partial charge is 0.466 e. The van der Waals surface area contributed by atoms with E-state index < -0.39 is 0 Å². The number of aliphatic imine (C=N–C) groups is 1. The molecule has 25 heavy (non-hydrogen) atoms. The molecule has 0 saturated carbocycles. The number of guanidine groups is 1. The average Bonchev–Trinajstić information content (AvgIpc) is 2.60. The van der Waals surface area contributed by atoms with Crippen LogP contribution >= 0.6 is 24.0 Å². The number of rotatable bonds is 5. The fourth-order valence-electron chi connectivity index (χ4n) is 2.80. The molecule has 0 bridgehead atoms. The molecule has 0 radical (unpaired) electrons. The van der Waals surface area contributed by atoms with Crippen molar-refractivity contribution in [3.05, 3.63) is 35.6 Å². The van der Waals surface area contributed by atoms with E-state index in [1.807, 2.05) is 19.9 Å². The predicted octanol–water partition coefficient (Wildman–Crippen LogP) is 3.18. The highest BCUT2D eigenvalue weighted by Crippen LogP contribution is 2.19. The quantitative estimate of drug-likeness (QED) is 0.316. The minimum atomic E-state index is -0.238. The van der Waals surface area contributed by atoms with E-state index in [0.29, 0.717) is 18.7 Å². The van der Waals surface area contributed by atoms with Crippen LogP contribution in [0.25, 0.3) is 0 Å². The number of hydrogen-bond donors (Lipinski definition) is 1. The molecule has 7 heteroatoms. The summed E-state index contributed by atoms with van der Waals surface area (Å²) in [6.07, 6.45) is 1.51. The Morgan fingerprint density at radius 1 is 1.32 bits per heavy atom. The van der Waals surface area contributed by atoms with E-state index in [4.69, 9.17) is 4.74 Å². The Kier molecular flexibility index (Phi) is 9.77. The standard InChI is InChI=1S/C18H26FN3O2.HI/c1-3-20-18(21-13-15-7-5-6-8-16(15)19)22-11-9-14(10-12-22)17(23)24-4-2;/h5-8,14H,3-4,9-13H2,1-2H3,(H,20,21);1H. The van der Waals surface area contributed by atoms with Gasteiger partial charge in [0.25, 0.3) is 0 Å². The first kappa shape index (κ1) is 21.7. The summed E-state index contributed by atoms with van der Waals surface area (Å²) in [6, 6.07) is 6.68. The zero-order chi connectivity index (χ0) is 17.4. The van der Waals surface area contributed by atoms with Gasteiger partial charge < -0.3 is 15.0 Å². The SMILES string of the molecule is CCNC(=NCc1ccccc1F)N1CCC(C(=O)OCC)CC1.I. The number of likely N-dealkylation sites (tertiary alicyclic amines) is 1. The van der Waals surface area contributed by atoms with Crippen LogP contribution < -0.4 is 5.32 Å². The molecule has 1 N–H and O–H groups in total. The summed E-state index contributed by atoms with van der Waals surface area (Å²) in [6.45, 7) is 6.78. The highest BCUT2D eigenvalue weighted by Gasteiger charge is 2.27. The average molecular weight is 463 g/mol. The van der Waals surface area contributed by atoms with Crippen LogP contribution in [0.5, 0.6) is 0 Å². The third-order valence-electron chi connectivity index (χ3n) is 4.11. The Labute approximate surface area is 166 Å². The van der Waals surface area contributed by atoms with Gasteiger partial charge in [0, 0.05) is 25.2 Å². The van der Waals surface area contributed by atoms with E-state index in [2.05, 4.69) is 15.2 Å². The lowest BCUT2D eigenvalue weighted by molar-refractivity contribution is -0.149. The van der Waals surface area contributed by atoms with Crippen molar-refractivity contribution in [2.75, 3.05) is 26.2 Å². The lowest BCUT2D eigenvalue weighted by Crippen LogP contribution is -2.46. The molecule has 1 heterocycles. The molecule has 1 aromatic carbocycles. The predicted molar refractivity (Wildman–Crippen MR) is 108 cm³/mol. The minimum absolute atomic E-state index is 0. The van der Waals surface area contributed by atoms with Gasteiger partial charge in [0.15, 0.2) is 5.96 Å². The number of piperidine rings is 1. The lowest BCUT2D eigenvalue weighted by Gasteiger charge is -2.33. The molecule has 0 unspecified atom stereocenters. The topological polar surface area (TPSA) is 53.9 Å². The Morgan fingerprint density at radius 2 is 2.00 bits per heavy atom. The van der Waals surface area contributed by atoms with Crippen LogP contribution in [0.15, 0.2) is 29.3 Å². The van der Waals surface area contributed by atoms with Gasteiger partial charge in [-0.2, -0.15) is 0 Å². The molecule has 2 rings (SSSR count). The van der Waals surface area contributed by atoms with Gasteiger partial charge in [0.2, 0.25) is 0 Å². The summed E-state index contributed by atoms with van der Waals surface area (Å²) in [7, 11) is 0. The molecule has 0 amide bonds. The lowest BCUT2D eigenvalue weighted by atomic mass is 9.97. The van der Waals surface area contributed by atoms with E-state index >= 15 is 0 Å². The van der Waals surface area contributed by atoms with Crippen LogP contribution in [-0.2, 0) is 16.1 Å². The Morgan fingerprint density at radius 3 is 2.60 bits per heavy atom. The van der Waals surface area contributed by atoms with Crippen LogP contribution in [0.4, 0.5) is 4.39 Å². The molecule has 1 aliphatic rings. The van der Waals surface area contributed by atoms with Crippen molar-refractivity contribution in [2.24, 2.45) is 10.9 Å². The highest BCUT2D eigenvalue weighted by atomic mass is 127. The molecule has 1 aromatic rings. The van der Waals surface area contributed by atoms with E-state index in [-0.39, 0.29) is 41.7 Å². The summed E-state index contributed by atoms with van der Waals surface area (Å²) in [5.41, 5.74) is 0.578. The maximum Gasteiger partial charge on any atom is 0.309 e. The summed E-state index contributed by atoms with van der Waals surface area (Å²) < 4.78 is 18.8. The van der Waals surface area contributed by atoms with E-state index in [1.165, 1.54) is 6.07 Å². The molecule has 1 aliphatic heterocycles. The van der Waals surface area contributed by atoms with Gasteiger partial charge in [0.1, 0.15) is 5.82 Å². The Bertz CT molecular complexity index is 575. The molecular formula is C18H27FIN3O2. The van der Waals surface area contributed by atoms with Crippen molar-refractivity contribution in [2.45, 2.75) is 33.2 Å². The first-order chi connectivity index (χ1) is 11.7. The molecule has 1 fully saturated rings. The zero-order valence-electron chi connectivity index (χ0n) is 14.8. The smallest absolute Gasteiger partial charge is 0.309 e. The fraction of sp³-hybridized carbons (Fsp3) is 0.556. The number of nitrogens with one attached hydrogen (secondary N) is 1. The van der Waals surface area contributed by atoms with Gasteiger partial charge in [-0.15, -0.1) is 24.0 Å². The van der Waals surface area contributed by atoms with Crippen molar-refractivity contribution in [1.82, 2.24) is 10.2 Å². The van der Waals surface area contributed by atoms with Gasteiger partial charge in [0.05, 0.1) is 19.1 Å². The second-order valence-electron chi connectivity index (χ2n) is 5.77. The third-order valence-corrected chi connectivity index (χ3v) is 4.11. The van der Waals surface area contributed by atoms with Crippen LogP contribution in [0.1, 0.15) is 32.3 Å². The van der Waals surface area contributed by atoms with Crippen molar-refractivity contribution < 1.29 is 13.9 Å². The summed E-state index contributed by atoms with van der Waals surface area (Å²) >= 11 is 0. The molecular weight excluding hydrogens is 436 g/mol. The maximum absolute atomic E-state index is 13.7. The number of halogens is 2. The summed E-state index contributed by atoms with van der Waals surface area (Å²) in [5.74, 6) is 0.391. The first-order valence-corrected chi connectivity index (χ1v) is 8.59. The van der Waals surface area contributed by atoms with E-state index in [0.717, 1.165) is 38.4 Å². The number of benzene rings is 1. The maximum atomic E-state index is 13.7. The number of hydrogen-bond acceptors (Lipinski definition) is 3. The second kappa shape index (κ2) is 11.3. The van der Waals surface area contributed by atoms with Crippen molar-refractivity contribution in [1.29, 1.82) is 0 Å². The summed E-state index contributed by atoms with van der Waals surface area (Å²) in [5, 5.41) is 3.25. The van der Waals surface area contributed by atoms with Crippen LogP contribution in [0.3, 0.4) is 0 Å². The van der Waals surface area contributed by atoms with Crippen LogP contribution in [0.2, 0.25) is 0 Å². The van der Waals surface area contributed by atoms with Crippen molar-refractivity contribution >= 4 is 35.9 Å². The molecule has 140 valence electrons. The van der Waals surface area contributed by atoms with Gasteiger partial charge in [-0.1, -0.05) is 18.2 Å². The number of carbonyl (C=O) groups is 1. The summed E-state index contributed by atoms with van der Waals surface area (Å²) in [4.78, 5) is 18.5. The Hall–Kier alpha value is -1.38. The number of carbonyl (C=O) groups excluding carboxylic acids is 1. The first-order valence-electron chi connectivity index (χ1n) is 8.59. The fourth-order valence-corrected chi connectivity index (χ4v) is 2.80. The number of ether oxygens (including phenoxy) is 1. The van der Waals surface area contributed by atoms with Gasteiger partial charge in [-0.25, -0.2) is 9.38 Å². The second-order valence-corrected chi connectivity index (χ2v) is 5.77. The number of esters is 1. The molecule has 0 atom stereocenters. The monoisotopic (exact) mass is 463 g/mol. The molecule has 5 nitrogen and oxygen atoms in total. The minimum Gasteiger partial charge on any atom is -0.466 e. The normalized spacial score (nSPS) is 15.5. The van der Waals surface area contributed by atoms with Crippen molar-refractivity contribution in [3.63, 3.8) is 0 Å². The van der Waals surface area contributed by atoms with Crippen LogP contribution in [-0.4, -0.2) is 43.1 Å². The Balaban J connectivity index is 0.00000312. The van der Waals surface area contributed by atoms with Gasteiger partial charge in [-0.3, -0.25) is 4.79 Å². The zero-order valence-corrected chi connectivity index (χ0v) is 17.2. The molecule has 0 aromatic heterocycles. The van der Waals surface area contributed by atoms with E-state index in [1.54, 1.807) is 12.1 Å².